The topological polar surface area (TPSA) is 23.6 Å². The van der Waals surface area contributed by atoms with Gasteiger partial charge >= 0.3 is 0 Å². The van der Waals surface area contributed by atoms with Crippen LogP contribution >= 0.6 is 0 Å². The maximum atomic E-state index is 12.3. The Morgan fingerprint density at radius 3 is 2.71 bits per heavy atom. The molecule has 0 saturated carbocycles. The number of hydrogen-bond acceptors (Lipinski definition) is 2. The molecule has 2 heterocycles. The van der Waals surface area contributed by atoms with Crippen LogP contribution in [-0.2, 0) is 4.79 Å². The number of carbonyl (C=O) groups excluding carboxylic acids is 1. The van der Waals surface area contributed by atoms with Gasteiger partial charge in [0.1, 0.15) is 0 Å². The molecule has 0 aromatic heterocycles. The van der Waals surface area contributed by atoms with Gasteiger partial charge in [0.25, 0.3) is 0 Å². The molecule has 1 aliphatic carbocycles. The quantitative estimate of drug-likeness (QED) is 0.743. The van der Waals surface area contributed by atoms with Crippen LogP contribution in [0.5, 0.6) is 0 Å². The van der Waals surface area contributed by atoms with Gasteiger partial charge in [-0.3, -0.25) is 9.69 Å². The number of likely N-dealkylation sites (tertiary alicyclic amines) is 2. The van der Waals surface area contributed by atoms with Crippen LogP contribution in [0.1, 0.15) is 52.4 Å². The Balaban J connectivity index is 1.60. The standard InChI is InChI=1S/C18H30N2O/c1-14(2)9-12-20-17-10-11-19(16-5-3-4-6-16)13-15(17)7-8-18(20)21/h3-4,14-17H,5-13H2,1-2H3/t15-,17+/m0/s1. The van der Waals surface area contributed by atoms with Gasteiger partial charge in [-0.2, -0.15) is 0 Å². The van der Waals surface area contributed by atoms with E-state index in [1.165, 1.54) is 32.4 Å². The van der Waals surface area contributed by atoms with Crippen molar-refractivity contribution in [2.24, 2.45) is 11.8 Å². The highest BCUT2D eigenvalue weighted by atomic mass is 16.2. The van der Waals surface area contributed by atoms with Crippen LogP contribution in [-0.4, -0.2) is 47.4 Å². The van der Waals surface area contributed by atoms with Crippen molar-refractivity contribution in [3.05, 3.63) is 12.2 Å². The van der Waals surface area contributed by atoms with Crippen molar-refractivity contribution >= 4 is 5.91 Å². The molecule has 3 heteroatoms. The minimum atomic E-state index is 0.410. The SMILES string of the molecule is CC(C)CCN1C(=O)CC[C@H]2CN(C3CC=CC3)CC[C@H]21. The first kappa shape index (κ1) is 15.1. The highest BCUT2D eigenvalue weighted by Gasteiger charge is 2.40. The fraction of sp³-hybridized carbons (Fsp3) is 0.833. The highest BCUT2D eigenvalue weighted by molar-refractivity contribution is 5.77. The van der Waals surface area contributed by atoms with Crippen molar-refractivity contribution in [2.45, 2.75) is 64.5 Å². The second-order valence-electron chi connectivity index (χ2n) is 7.52. The molecular formula is C18H30N2O. The van der Waals surface area contributed by atoms with E-state index in [1.807, 2.05) is 0 Å². The van der Waals surface area contributed by atoms with E-state index in [4.69, 9.17) is 0 Å². The molecule has 2 saturated heterocycles. The lowest BCUT2D eigenvalue weighted by atomic mass is 9.82. The van der Waals surface area contributed by atoms with Crippen molar-refractivity contribution in [1.29, 1.82) is 0 Å². The molecule has 3 rings (SSSR count). The van der Waals surface area contributed by atoms with E-state index in [0.717, 1.165) is 31.8 Å². The van der Waals surface area contributed by atoms with Gasteiger partial charge in [0.2, 0.25) is 5.91 Å². The summed E-state index contributed by atoms with van der Waals surface area (Å²) in [4.78, 5) is 17.2. The first-order chi connectivity index (χ1) is 10.1. The maximum absolute atomic E-state index is 12.3. The Labute approximate surface area is 129 Å². The largest absolute Gasteiger partial charge is 0.339 e. The summed E-state index contributed by atoms with van der Waals surface area (Å²) < 4.78 is 0. The number of fused-ring (bicyclic) bond motifs is 1. The number of amides is 1. The third-order valence-electron chi connectivity index (χ3n) is 5.62. The van der Waals surface area contributed by atoms with Crippen molar-refractivity contribution in [2.75, 3.05) is 19.6 Å². The second-order valence-corrected chi connectivity index (χ2v) is 7.52. The number of piperidine rings is 2. The van der Waals surface area contributed by atoms with Gasteiger partial charge in [0, 0.05) is 38.1 Å². The molecule has 3 nitrogen and oxygen atoms in total. The lowest BCUT2D eigenvalue weighted by molar-refractivity contribution is -0.141. The zero-order valence-corrected chi connectivity index (χ0v) is 13.6. The molecule has 0 bridgehead atoms. The summed E-state index contributed by atoms with van der Waals surface area (Å²) in [7, 11) is 0. The summed E-state index contributed by atoms with van der Waals surface area (Å²) in [5.74, 6) is 1.81. The average molecular weight is 290 g/mol. The van der Waals surface area contributed by atoms with Gasteiger partial charge in [0.05, 0.1) is 0 Å². The first-order valence-electron chi connectivity index (χ1n) is 8.83. The van der Waals surface area contributed by atoms with Crippen LogP contribution in [0.3, 0.4) is 0 Å². The number of carbonyl (C=O) groups is 1. The molecular weight excluding hydrogens is 260 g/mol. The van der Waals surface area contributed by atoms with Crippen molar-refractivity contribution in [3.63, 3.8) is 0 Å². The van der Waals surface area contributed by atoms with Gasteiger partial charge in [-0.15, -0.1) is 0 Å². The minimum Gasteiger partial charge on any atom is -0.339 e. The molecule has 0 N–H and O–H groups in total. The summed E-state index contributed by atoms with van der Waals surface area (Å²) in [5, 5.41) is 0. The van der Waals surface area contributed by atoms with E-state index in [-0.39, 0.29) is 0 Å². The van der Waals surface area contributed by atoms with Gasteiger partial charge in [-0.05, 0) is 43.9 Å². The molecule has 0 unspecified atom stereocenters. The van der Waals surface area contributed by atoms with E-state index in [1.54, 1.807) is 0 Å². The van der Waals surface area contributed by atoms with Gasteiger partial charge < -0.3 is 4.90 Å². The lowest BCUT2D eigenvalue weighted by Crippen LogP contribution is -2.57. The summed E-state index contributed by atoms with van der Waals surface area (Å²) in [5.41, 5.74) is 0. The minimum absolute atomic E-state index is 0.410. The van der Waals surface area contributed by atoms with Crippen molar-refractivity contribution in [1.82, 2.24) is 9.80 Å². The van der Waals surface area contributed by atoms with Crippen LogP contribution in [0.2, 0.25) is 0 Å². The number of hydrogen-bond donors (Lipinski definition) is 0. The number of rotatable bonds is 4. The molecule has 1 amide bonds. The van der Waals surface area contributed by atoms with Gasteiger partial charge in [-0.25, -0.2) is 0 Å². The highest BCUT2D eigenvalue weighted by Crippen LogP contribution is 2.33. The monoisotopic (exact) mass is 290 g/mol. The molecule has 2 fully saturated rings. The Morgan fingerprint density at radius 1 is 1.24 bits per heavy atom. The van der Waals surface area contributed by atoms with Gasteiger partial charge in [0.15, 0.2) is 0 Å². The molecule has 2 atom stereocenters. The smallest absolute Gasteiger partial charge is 0.222 e. The molecule has 0 aromatic carbocycles. The molecule has 0 radical (unpaired) electrons. The normalized spacial score (nSPS) is 31.2. The fourth-order valence-corrected chi connectivity index (χ4v) is 4.30. The summed E-state index contributed by atoms with van der Waals surface area (Å²) in [6, 6.07) is 1.27. The predicted octanol–water partition coefficient (Wildman–Crippen LogP) is 3.06. The Morgan fingerprint density at radius 2 is 2.00 bits per heavy atom. The van der Waals surface area contributed by atoms with E-state index < -0.39 is 0 Å². The van der Waals surface area contributed by atoms with Crippen LogP contribution in [0.25, 0.3) is 0 Å². The van der Waals surface area contributed by atoms with Crippen molar-refractivity contribution in [3.8, 4) is 0 Å². The zero-order chi connectivity index (χ0) is 14.8. The fourth-order valence-electron chi connectivity index (χ4n) is 4.30. The summed E-state index contributed by atoms with van der Waals surface area (Å²) in [6.45, 7) is 7.87. The maximum Gasteiger partial charge on any atom is 0.222 e. The van der Waals surface area contributed by atoms with E-state index in [2.05, 4.69) is 35.8 Å². The Bertz CT molecular complexity index is 396. The third kappa shape index (κ3) is 3.33. The molecule has 2 aliphatic heterocycles. The third-order valence-corrected chi connectivity index (χ3v) is 5.62. The number of nitrogens with zero attached hydrogens (tertiary/aromatic N) is 2. The molecule has 3 aliphatic rings. The second kappa shape index (κ2) is 6.51. The Kier molecular flexibility index (Phi) is 4.68. The van der Waals surface area contributed by atoms with Crippen LogP contribution < -0.4 is 0 Å². The van der Waals surface area contributed by atoms with Crippen LogP contribution in [0, 0.1) is 11.8 Å². The summed E-state index contributed by atoms with van der Waals surface area (Å²) in [6.07, 6.45) is 11.3. The molecule has 21 heavy (non-hydrogen) atoms. The molecule has 0 spiro atoms. The molecule has 118 valence electrons. The predicted molar refractivity (Wildman–Crippen MR) is 86.0 cm³/mol. The van der Waals surface area contributed by atoms with Crippen molar-refractivity contribution < 1.29 is 4.79 Å². The molecule has 0 aromatic rings. The lowest BCUT2D eigenvalue weighted by Gasteiger charge is -2.48. The Hall–Kier alpha value is -0.830. The van der Waals surface area contributed by atoms with Crippen LogP contribution in [0.15, 0.2) is 12.2 Å². The van der Waals surface area contributed by atoms with E-state index in [9.17, 15) is 4.79 Å². The first-order valence-corrected chi connectivity index (χ1v) is 8.83. The van der Waals surface area contributed by atoms with E-state index >= 15 is 0 Å². The van der Waals surface area contributed by atoms with Crippen LogP contribution in [0.4, 0.5) is 0 Å². The average Bonchev–Trinajstić information content (AvgIpc) is 2.99. The zero-order valence-electron chi connectivity index (χ0n) is 13.6. The van der Waals surface area contributed by atoms with Gasteiger partial charge in [-0.1, -0.05) is 26.0 Å². The van der Waals surface area contributed by atoms with E-state index in [0.29, 0.717) is 23.8 Å². The summed E-state index contributed by atoms with van der Waals surface area (Å²) >= 11 is 0.